The van der Waals surface area contributed by atoms with E-state index in [9.17, 15) is 13.3 Å². The highest BCUT2D eigenvalue weighted by Gasteiger charge is 2.30. The zero-order valence-electron chi connectivity index (χ0n) is 6.29. The summed E-state index contributed by atoms with van der Waals surface area (Å²) in [5.41, 5.74) is 0. The van der Waals surface area contributed by atoms with Crippen LogP contribution >= 0.6 is 0 Å². The Morgan fingerprint density at radius 1 is 1.40 bits per heavy atom. The van der Waals surface area contributed by atoms with Crippen molar-refractivity contribution in [2.75, 3.05) is 12.8 Å². The lowest BCUT2D eigenvalue weighted by Gasteiger charge is -2.17. The first-order valence-electron chi connectivity index (χ1n) is 2.80. The van der Waals surface area contributed by atoms with E-state index in [-0.39, 0.29) is 6.54 Å². The van der Waals surface area contributed by atoms with Gasteiger partial charge in [0.2, 0.25) is 0 Å². The highest BCUT2D eigenvalue weighted by Crippen LogP contribution is 2.14. The van der Waals surface area contributed by atoms with Gasteiger partial charge in [0.05, 0.1) is 4.75 Å². The Labute approximate surface area is 60.5 Å². The monoisotopic (exact) mass is 165 g/mol. The summed E-state index contributed by atoms with van der Waals surface area (Å²) in [5.74, 6) is 0. The first-order valence-corrected chi connectivity index (χ1v) is 4.69. The summed E-state index contributed by atoms with van der Waals surface area (Å²) in [7, 11) is -3.16. The summed E-state index contributed by atoms with van der Waals surface area (Å²) >= 11 is 0. The van der Waals surface area contributed by atoms with E-state index >= 15 is 0 Å². The van der Waals surface area contributed by atoms with Gasteiger partial charge in [-0.15, -0.1) is 0 Å². The van der Waals surface area contributed by atoms with Crippen LogP contribution in [0.5, 0.6) is 0 Å². The van der Waals surface area contributed by atoms with Crippen molar-refractivity contribution >= 4 is 9.84 Å². The number of nitrogens with zero attached hydrogens (tertiary/aromatic N) is 1. The summed E-state index contributed by atoms with van der Waals surface area (Å²) in [6.45, 7) is 2.76. The van der Waals surface area contributed by atoms with Crippen LogP contribution in [0.1, 0.15) is 13.8 Å². The average Bonchev–Trinajstić information content (AvgIpc) is 1.61. The summed E-state index contributed by atoms with van der Waals surface area (Å²) in [6.07, 6.45) is 1.10. The van der Waals surface area contributed by atoms with Crippen LogP contribution in [0.3, 0.4) is 0 Å². The molecule has 5 heteroatoms. The van der Waals surface area contributed by atoms with E-state index in [1.165, 1.54) is 13.8 Å². The van der Waals surface area contributed by atoms with Crippen LogP contribution in [0, 0.1) is 4.91 Å². The third-order valence-corrected chi connectivity index (χ3v) is 3.59. The van der Waals surface area contributed by atoms with E-state index in [2.05, 4.69) is 5.18 Å². The Morgan fingerprint density at radius 2 is 1.80 bits per heavy atom. The van der Waals surface area contributed by atoms with Gasteiger partial charge in [-0.3, -0.25) is 0 Å². The first kappa shape index (κ1) is 9.55. The number of nitroso groups, excluding NO2 is 1. The van der Waals surface area contributed by atoms with Gasteiger partial charge < -0.3 is 0 Å². The molecule has 4 nitrogen and oxygen atoms in total. The second kappa shape index (κ2) is 2.65. The van der Waals surface area contributed by atoms with Crippen molar-refractivity contribution in [3.05, 3.63) is 4.91 Å². The highest BCUT2D eigenvalue weighted by atomic mass is 32.2. The molecule has 0 saturated heterocycles. The Morgan fingerprint density at radius 3 is 1.90 bits per heavy atom. The Kier molecular flexibility index (Phi) is 2.54. The summed E-state index contributed by atoms with van der Waals surface area (Å²) < 4.78 is 20.7. The van der Waals surface area contributed by atoms with Gasteiger partial charge in [0.1, 0.15) is 6.54 Å². The van der Waals surface area contributed by atoms with Crippen LogP contribution < -0.4 is 0 Å². The van der Waals surface area contributed by atoms with Gasteiger partial charge >= 0.3 is 0 Å². The van der Waals surface area contributed by atoms with E-state index in [1.807, 2.05) is 0 Å². The maximum Gasteiger partial charge on any atom is 0.154 e. The second-order valence-corrected chi connectivity index (χ2v) is 5.47. The van der Waals surface area contributed by atoms with E-state index in [0.29, 0.717) is 0 Å². The van der Waals surface area contributed by atoms with E-state index in [4.69, 9.17) is 0 Å². The fourth-order valence-electron chi connectivity index (χ4n) is 0.273. The van der Waals surface area contributed by atoms with Crippen molar-refractivity contribution in [1.82, 2.24) is 0 Å². The van der Waals surface area contributed by atoms with Gasteiger partial charge in [-0.1, -0.05) is 5.18 Å². The van der Waals surface area contributed by atoms with Gasteiger partial charge in [0, 0.05) is 6.26 Å². The SMILES string of the molecule is CC(C)(CN=O)S(C)(=O)=O. The normalized spacial score (nSPS) is 13.1. The van der Waals surface area contributed by atoms with Gasteiger partial charge in [-0.2, -0.15) is 4.91 Å². The molecule has 0 aromatic carbocycles. The van der Waals surface area contributed by atoms with E-state index in [0.717, 1.165) is 6.26 Å². The Bertz CT molecular complexity index is 217. The summed E-state index contributed by atoms with van der Waals surface area (Å²) in [5, 5.41) is 2.54. The molecule has 0 N–H and O–H groups in total. The van der Waals surface area contributed by atoms with Crippen molar-refractivity contribution in [1.29, 1.82) is 0 Å². The lowest BCUT2D eigenvalue weighted by Crippen LogP contribution is -2.33. The van der Waals surface area contributed by atoms with Crippen molar-refractivity contribution in [3.8, 4) is 0 Å². The van der Waals surface area contributed by atoms with E-state index < -0.39 is 14.6 Å². The topological polar surface area (TPSA) is 63.6 Å². The number of sulfone groups is 1. The third-order valence-electron chi connectivity index (χ3n) is 1.45. The number of rotatable bonds is 3. The van der Waals surface area contributed by atoms with Gasteiger partial charge in [0.15, 0.2) is 9.84 Å². The van der Waals surface area contributed by atoms with Crippen LogP contribution in [-0.2, 0) is 9.84 Å². The zero-order chi connectivity index (χ0) is 8.41. The van der Waals surface area contributed by atoms with Gasteiger partial charge in [-0.25, -0.2) is 8.42 Å². The molecule has 0 radical (unpaired) electrons. The van der Waals surface area contributed by atoms with Crippen molar-refractivity contribution in [2.24, 2.45) is 5.18 Å². The molecule has 0 aliphatic carbocycles. The molecule has 0 rings (SSSR count). The molecule has 0 unspecified atom stereocenters. The lowest BCUT2D eigenvalue weighted by molar-refractivity contribution is 0.555. The molecular weight excluding hydrogens is 154 g/mol. The summed E-state index contributed by atoms with van der Waals surface area (Å²) in [6, 6.07) is 0. The zero-order valence-corrected chi connectivity index (χ0v) is 7.10. The highest BCUT2D eigenvalue weighted by molar-refractivity contribution is 7.92. The quantitative estimate of drug-likeness (QED) is 0.574. The molecule has 0 spiro atoms. The van der Waals surface area contributed by atoms with Crippen LogP contribution in [0.2, 0.25) is 0 Å². The maximum atomic E-state index is 10.8. The van der Waals surface area contributed by atoms with Gasteiger partial charge in [0.25, 0.3) is 0 Å². The number of hydrogen-bond acceptors (Lipinski definition) is 4. The fraction of sp³-hybridized carbons (Fsp3) is 1.00. The van der Waals surface area contributed by atoms with Crippen LogP contribution in [0.4, 0.5) is 0 Å². The molecule has 0 aliphatic rings. The number of hydrogen-bond donors (Lipinski definition) is 0. The third kappa shape index (κ3) is 2.06. The molecule has 0 aliphatic heterocycles. The predicted molar refractivity (Wildman–Crippen MR) is 39.6 cm³/mol. The minimum Gasteiger partial charge on any atom is -0.228 e. The molecule has 10 heavy (non-hydrogen) atoms. The molecule has 0 saturated carbocycles. The van der Waals surface area contributed by atoms with Crippen molar-refractivity contribution < 1.29 is 8.42 Å². The summed E-state index contributed by atoms with van der Waals surface area (Å²) in [4.78, 5) is 9.75. The molecule has 0 amide bonds. The molecule has 60 valence electrons. The van der Waals surface area contributed by atoms with Crippen molar-refractivity contribution in [2.45, 2.75) is 18.6 Å². The fourth-order valence-corrected chi connectivity index (χ4v) is 0.560. The Hall–Kier alpha value is -0.450. The molecule has 0 aromatic rings. The standard InChI is InChI=1S/C5H11NO3S/c1-5(2,4-6-7)10(3,8)9/h4H2,1-3H3. The Balaban J connectivity index is 4.57. The predicted octanol–water partition coefficient (Wildman–Crippen LogP) is 0.576. The minimum absolute atomic E-state index is 0.189. The second-order valence-electron chi connectivity index (χ2n) is 2.82. The molecule has 0 fully saturated rings. The smallest absolute Gasteiger partial charge is 0.154 e. The van der Waals surface area contributed by atoms with Crippen LogP contribution in [-0.4, -0.2) is 26.0 Å². The molecule has 0 atom stereocenters. The minimum atomic E-state index is -3.16. The van der Waals surface area contributed by atoms with E-state index in [1.54, 1.807) is 0 Å². The van der Waals surface area contributed by atoms with Gasteiger partial charge in [-0.05, 0) is 13.8 Å². The van der Waals surface area contributed by atoms with Crippen molar-refractivity contribution in [3.63, 3.8) is 0 Å². The molecule has 0 bridgehead atoms. The van der Waals surface area contributed by atoms with Crippen LogP contribution in [0.15, 0.2) is 5.18 Å². The largest absolute Gasteiger partial charge is 0.228 e. The maximum absolute atomic E-state index is 10.8. The lowest BCUT2D eigenvalue weighted by atomic mass is 10.2. The first-order chi connectivity index (χ1) is 4.31. The van der Waals surface area contributed by atoms with Crippen LogP contribution in [0.25, 0.3) is 0 Å². The molecule has 0 heterocycles. The average molecular weight is 165 g/mol. The molecular formula is C5H11NO3S. The molecule has 0 aromatic heterocycles.